The van der Waals surface area contributed by atoms with Crippen LogP contribution in [-0.2, 0) is 6.54 Å². The van der Waals surface area contributed by atoms with Gasteiger partial charge in [-0.3, -0.25) is 0 Å². The molecule has 0 aliphatic heterocycles. The van der Waals surface area contributed by atoms with Gasteiger partial charge in [0.2, 0.25) is 0 Å². The number of nitrogens with zero attached hydrogens (tertiary/aromatic N) is 3. The number of fused-ring (bicyclic) bond motifs is 1. The van der Waals surface area contributed by atoms with Crippen LogP contribution in [0.3, 0.4) is 0 Å². The maximum Gasteiger partial charge on any atom is 0.131 e. The lowest BCUT2D eigenvalue weighted by Crippen LogP contribution is -2.08. The lowest BCUT2D eigenvalue weighted by molar-refractivity contribution is 0.767. The van der Waals surface area contributed by atoms with Crippen molar-refractivity contribution in [2.45, 2.75) is 27.3 Å². The van der Waals surface area contributed by atoms with Gasteiger partial charge in [0.25, 0.3) is 0 Å². The van der Waals surface area contributed by atoms with Crippen molar-refractivity contribution in [3.63, 3.8) is 0 Å². The van der Waals surface area contributed by atoms with Crippen molar-refractivity contribution in [1.29, 1.82) is 0 Å². The third-order valence-electron chi connectivity index (χ3n) is 3.83. The highest BCUT2D eigenvalue weighted by Crippen LogP contribution is 2.22. The maximum absolute atomic E-state index is 4.75. The number of pyridine rings is 1. The fraction of sp³-hybridized carbons (Fsp3) is 0.294. The van der Waals surface area contributed by atoms with Gasteiger partial charge in [-0.2, -0.15) is 0 Å². The highest BCUT2D eigenvalue weighted by molar-refractivity contribution is 5.81. The first kappa shape index (κ1) is 13.6. The largest absolute Gasteiger partial charge is 0.370 e. The van der Waals surface area contributed by atoms with Gasteiger partial charge in [0.15, 0.2) is 0 Å². The molecule has 0 unspecified atom stereocenters. The number of hydrogen-bond acceptors (Lipinski definition) is 3. The molecular formula is C17H20N4. The van der Waals surface area contributed by atoms with Gasteiger partial charge in [0.05, 0.1) is 24.1 Å². The quantitative estimate of drug-likeness (QED) is 0.795. The Morgan fingerprint density at radius 2 is 2.00 bits per heavy atom. The van der Waals surface area contributed by atoms with Gasteiger partial charge in [-0.25, -0.2) is 9.97 Å². The molecule has 3 aromatic rings. The fourth-order valence-electron chi connectivity index (χ4n) is 2.49. The summed E-state index contributed by atoms with van der Waals surface area (Å²) < 4.78 is 2.17. The molecule has 3 rings (SSSR count). The molecule has 0 aliphatic carbocycles. The summed E-state index contributed by atoms with van der Waals surface area (Å²) in [4.78, 5) is 9.13. The van der Waals surface area contributed by atoms with Crippen LogP contribution in [0.25, 0.3) is 10.9 Å². The van der Waals surface area contributed by atoms with E-state index in [-0.39, 0.29) is 0 Å². The number of aromatic nitrogens is 3. The molecule has 2 aromatic heterocycles. The van der Waals surface area contributed by atoms with E-state index in [0.29, 0.717) is 0 Å². The second-order valence-corrected chi connectivity index (χ2v) is 5.26. The molecule has 0 spiro atoms. The molecule has 0 fully saturated rings. The van der Waals surface area contributed by atoms with Gasteiger partial charge in [0.1, 0.15) is 5.82 Å². The molecule has 0 saturated heterocycles. The van der Waals surface area contributed by atoms with Crippen molar-refractivity contribution in [2.75, 3.05) is 11.9 Å². The van der Waals surface area contributed by atoms with Crippen molar-refractivity contribution in [3.8, 4) is 0 Å². The average Bonchev–Trinajstić information content (AvgIpc) is 2.80. The smallest absolute Gasteiger partial charge is 0.131 e. The highest BCUT2D eigenvalue weighted by Gasteiger charge is 2.09. The summed E-state index contributed by atoms with van der Waals surface area (Å²) in [5, 5.41) is 4.54. The van der Waals surface area contributed by atoms with Crippen molar-refractivity contribution in [3.05, 3.63) is 53.6 Å². The summed E-state index contributed by atoms with van der Waals surface area (Å²) in [5.74, 6) is 0.960. The number of rotatable bonds is 4. The zero-order chi connectivity index (χ0) is 14.8. The first-order valence-corrected chi connectivity index (χ1v) is 7.30. The molecule has 0 aliphatic rings. The summed E-state index contributed by atoms with van der Waals surface area (Å²) in [6.07, 6.45) is 1.90. The third-order valence-corrected chi connectivity index (χ3v) is 3.83. The zero-order valence-corrected chi connectivity index (χ0v) is 12.7. The normalized spacial score (nSPS) is 11.0. The van der Waals surface area contributed by atoms with Gasteiger partial charge in [-0.1, -0.05) is 18.2 Å². The minimum Gasteiger partial charge on any atom is -0.370 e. The number of hydrogen-bond donors (Lipinski definition) is 1. The van der Waals surface area contributed by atoms with Gasteiger partial charge in [0, 0.05) is 23.2 Å². The Hall–Kier alpha value is -2.36. The predicted molar refractivity (Wildman–Crippen MR) is 86.7 cm³/mol. The number of imidazole rings is 1. The summed E-state index contributed by atoms with van der Waals surface area (Å²) in [6.45, 7) is 7.87. The second kappa shape index (κ2) is 5.56. The summed E-state index contributed by atoms with van der Waals surface area (Å²) in [6, 6.07) is 10.4. The second-order valence-electron chi connectivity index (χ2n) is 5.26. The zero-order valence-electron chi connectivity index (χ0n) is 12.7. The van der Waals surface area contributed by atoms with Crippen LogP contribution in [-0.4, -0.2) is 21.1 Å². The van der Waals surface area contributed by atoms with Gasteiger partial charge >= 0.3 is 0 Å². The van der Waals surface area contributed by atoms with Gasteiger partial charge in [-0.05, 0) is 32.9 Å². The van der Waals surface area contributed by atoms with E-state index in [1.165, 1.54) is 16.6 Å². The summed E-state index contributed by atoms with van der Waals surface area (Å²) in [5.41, 5.74) is 4.49. The van der Waals surface area contributed by atoms with E-state index in [2.05, 4.69) is 40.8 Å². The molecular weight excluding hydrogens is 260 g/mol. The van der Waals surface area contributed by atoms with Crippen molar-refractivity contribution >= 4 is 16.7 Å². The van der Waals surface area contributed by atoms with Crippen LogP contribution in [0.2, 0.25) is 0 Å². The molecule has 1 N–H and O–H groups in total. The monoisotopic (exact) mass is 280 g/mol. The summed E-state index contributed by atoms with van der Waals surface area (Å²) >= 11 is 0. The Balaban J connectivity index is 2.06. The van der Waals surface area contributed by atoms with Crippen molar-refractivity contribution in [2.24, 2.45) is 0 Å². The maximum atomic E-state index is 4.75. The number of para-hydroxylation sites is 1. The Kier molecular flexibility index (Phi) is 3.60. The number of benzene rings is 1. The Morgan fingerprint density at radius 3 is 2.71 bits per heavy atom. The summed E-state index contributed by atoms with van der Waals surface area (Å²) in [7, 11) is 0. The minimum atomic E-state index is 0.785. The third kappa shape index (κ3) is 2.61. The van der Waals surface area contributed by atoms with E-state index < -0.39 is 0 Å². The van der Waals surface area contributed by atoms with E-state index in [1.807, 2.05) is 31.5 Å². The van der Waals surface area contributed by atoms with Crippen LogP contribution in [0, 0.1) is 13.8 Å². The average molecular weight is 280 g/mol. The SMILES string of the molecule is CCNc1nc2ccccc2cc1Cn1cnc(C)c1C. The van der Waals surface area contributed by atoms with Crippen molar-refractivity contribution < 1.29 is 0 Å². The first-order chi connectivity index (χ1) is 10.2. The van der Waals surface area contributed by atoms with Crippen LogP contribution in [0.5, 0.6) is 0 Å². The first-order valence-electron chi connectivity index (χ1n) is 7.30. The molecule has 0 atom stereocenters. The van der Waals surface area contributed by atoms with Crippen LogP contribution in [0.1, 0.15) is 23.9 Å². The van der Waals surface area contributed by atoms with Crippen LogP contribution >= 0.6 is 0 Å². The van der Waals surface area contributed by atoms with Crippen LogP contribution < -0.4 is 5.32 Å². The molecule has 4 heteroatoms. The highest BCUT2D eigenvalue weighted by atomic mass is 15.1. The molecule has 1 aromatic carbocycles. The number of aryl methyl sites for hydroxylation is 1. The number of anilines is 1. The lowest BCUT2D eigenvalue weighted by Gasteiger charge is -2.13. The van der Waals surface area contributed by atoms with E-state index in [4.69, 9.17) is 4.98 Å². The van der Waals surface area contributed by atoms with E-state index >= 15 is 0 Å². The molecule has 4 nitrogen and oxygen atoms in total. The fourth-order valence-corrected chi connectivity index (χ4v) is 2.49. The van der Waals surface area contributed by atoms with E-state index in [9.17, 15) is 0 Å². The molecule has 21 heavy (non-hydrogen) atoms. The predicted octanol–water partition coefficient (Wildman–Crippen LogP) is 3.53. The van der Waals surface area contributed by atoms with E-state index in [1.54, 1.807) is 0 Å². The van der Waals surface area contributed by atoms with Crippen LogP contribution in [0.4, 0.5) is 5.82 Å². The van der Waals surface area contributed by atoms with Gasteiger partial charge < -0.3 is 9.88 Å². The topological polar surface area (TPSA) is 42.7 Å². The van der Waals surface area contributed by atoms with Gasteiger partial charge in [-0.15, -0.1) is 0 Å². The molecule has 0 amide bonds. The Bertz CT molecular complexity index is 774. The standard InChI is InChI=1S/C17H20N4/c1-4-18-17-15(10-21-11-19-12(2)13(21)3)9-14-7-5-6-8-16(14)20-17/h5-9,11H,4,10H2,1-3H3,(H,18,20). The molecule has 0 radical (unpaired) electrons. The lowest BCUT2D eigenvalue weighted by atomic mass is 10.1. The number of nitrogens with one attached hydrogen (secondary N) is 1. The van der Waals surface area contributed by atoms with E-state index in [0.717, 1.165) is 30.1 Å². The molecule has 0 saturated carbocycles. The van der Waals surface area contributed by atoms with Crippen molar-refractivity contribution in [1.82, 2.24) is 14.5 Å². The Morgan fingerprint density at radius 1 is 1.19 bits per heavy atom. The van der Waals surface area contributed by atoms with Crippen LogP contribution in [0.15, 0.2) is 36.7 Å². The molecule has 0 bridgehead atoms. The molecule has 2 heterocycles. The molecule has 108 valence electrons. The Labute approximate surface area is 124 Å². The minimum absolute atomic E-state index is 0.785.